The van der Waals surface area contributed by atoms with Gasteiger partial charge >= 0.3 is 5.97 Å². The van der Waals surface area contributed by atoms with E-state index in [0.717, 1.165) is 33.9 Å². The third-order valence-electron chi connectivity index (χ3n) is 4.19. The zero-order valence-corrected chi connectivity index (χ0v) is 16.2. The number of ether oxygens (including phenoxy) is 1. The highest BCUT2D eigenvalue weighted by molar-refractivity contribution is 8.04. The monoisotopic (exact) mass is 402 g/mol. The van der Waals surface area contributed by atoms with Crippen LogP contribution >= 0.6 is 11.8 Å². The third-order valence-corrected chi connectivity index (χ3v) is 5.09. The van der Waals surface area contributed by atoms with E-state index in [2.05, 4.69) is 9.97 Å². The van der Waals surface area contributed by atoms with Crippen molar-refractivity contribution in [3.8, 4) is 5.75 Å². The van der Waals surface area contributed by atoms with Gasteiger partial charge in [-0.1, -0.05) is 54.6 Å². The molecule has 5 nitrogen and oxygen atoms in total. The number of rotatable bonds is 7. The normalized spacial score (nSPS) is 11.5. The standard InChI is InChI=1S/C23H18N2O3S/c26-22(27)21(29-23-24-19-11-4-5-12-20(19)25-23)14-17-9-6-10-18(13-17)28-15-16-7-2-1-3-8-16/h1-14H,15H2,(H,24,25)(H,26,27)/b21-14-. The van der Waals surface area contributed by atoms with Crippen LogP contribution in [-0.4, -0.2) is 21.0 Å². The van der Waals surface area contributed by atoms with Crippen LogP contribution < -0.4 is 4.74 Å². The van der Waals surface area contributed by atoms with Crippen molar-refractivity contribution in [3.63, 3.8) is 0 Å². The molecule has 0 aliphatic rings. The molecule has 0 saturated heterocycles. The molecule has 4 aromatic rings. The van der Waals surface area contributed by atoms with Crippen molar-refractivity contribution < 1.29 is 14.6 Å². The van der Waals surface area contributed by atoms with Gasteiger partial charge in [-0.05, 0) is 53.2 Å². The molecule has 0 aliphatic carbocycles. The molecule has 144 valence electrons. The number of aromatic amines is 1. The molecule has 6 heteroatoms. The van der Waals surface area contributed by atoms with Crippen LogP contribution in [-0.2, 0) is 11.4 Å². The number of imidazole rings is 1. The molecule has 0 unspecified atom stereocenters. The Kier molecular flexibility index (Phi) is 5.63. The quantitative estimate of drug-likeness (QED) is 0.321. The van der Waals surface area contributed by atoms with Gasteiger partial charge in [0.2, 0.25) is 0 Å². The number of fused-ring (bicyclic) bond motifs is 1. The van der Waals surface area contributed by atoms with Crippen LogP contribution in [0.15, 0.2) is 88.9 Å². The van der Waals surface area contributed by atoms with Crippen LogP contribution in [0.4, 0.5) is 0 Å². The van der Waals surface area contributed by atoms with Crippen molar-refractivity contribution in [3.05, 3.63) is 94.9 Å². The summed E-state index contributed by atoms with van der Waals surface area (Å²) in [5, 5.41) is 10.2. The first-order valence-electron chi connectivity index (χ1n) is 9.02. The van der Waals surface area contributed by atoms with Crippen LogP contribution in [0.2, 0.25) is 0 Å². The number of H-pyrrole nitrogens is 1. The Hall–Kier alpha value is -3.51. The minimum atomic E-state index is -1.01. The van der Waals surface area contributed by atoms with E-state index in [1.54, 1.807) is 6.08 Å². The highest BCUT2D eigenvalue weighted by Gasteiger charge is 2.13. The Morgan fingerprint density at radius 2 is 1.83 bits per heavy atom. The number of aromatic nitrogens is 2. The number of carboxylic acid groups (broad SMARTS) is 1. The number of para-hydroxylation sites is 2. The first-order valence-corrected chi connectivity index (χ1v) is 9.83. The van der Waals surface area contributed by atoms with Crippen LogP contribution in [0.25, 0.3) is 17.1 Å². The van der Waals surface area contributed by atoms with Gasteiger partial charge in [-0.15, -0.1) is 0 Å². The molecule has 0 saturated carbocycles. The number of carboxylic acids is 1. The van der Waals surface area contributed by atoms with E-state index in [0.29, 0.717) is 17.5 Å². The molecule has 1 aromatic heterocycles. The molecule has 0 spiro atoms. The number of hydrogen-bond acceptors (Lipinski definition) is 4. The van der Waals surface area contributed by atoms with Crippen molar-refractivity contribution in [2.75, 3.05) is 0 Å². The number of nitrogens with zero attached hydrogens (tertiary/aromatic N) is 1. The summed E-state index contributed by atoms with van der Waals surface area (Å²) in [5.41, 5.74) is 3.49. The second kappa shape index (κ2) is 8.67. The summed E-state index contributed by atoms with van der Waals surface area (Å²) in [6, 6.07) is 24.8. The zero-order chi connectivity index (χ0) is 20.1. The number of thioether (sulfide) groups is 1. The highest BCUT2D eigenvalue weighted by Crippen LogP contribution is 2.29. The number of nitrogens with one attached hydrogen (secondary N) is 1. The lowest BCUT2D eigenvalue weighted by Gasteiger charge is -2.07. The Morgan fingerprint density at radius 1 is 1.03 bits per heavy atom. The summed E-state index contributed by atoms with van der Waals surface area (Å²) in [6.45, 7) is 0.452. The average Bonchev–Trinajstić information content (AvgIpc) is 3.15. The summed E-state index contributed by atoms with van der Waals surface area (Å²) >= 11 is 1.09. The number of benzene rings is 3. The predicted molar refractivity (Wildman–Crippen MR) is 115 cm³/mol. The lowest BCUT2D eigenvalue weighted by atomic mass is 10.2. The van der Waals surface area contributed by atoms with Crippen LogP contribution in [0.5, 0.6) is 5.75 Å². The lowest BCUT2D eigenvalue weighted by molar-refractivity contribution is -0.131. The largest absolute Gasteiger partial charge is 0.489 e. The van der Waals surface area contributed by atoms with Gasteiger partial charge in [0, 0.05) is 0 Å². The average molecular weight is 402 g/mol. The van der Waals surface area contributed by atoms with Gasteiger partial charge in [0.05, 0.1) is 11.0 Å². The van der Waals surface area contributed by atoms with E-state index < -0.39 is 5.97 Å². The maximum Gasteiger partial charge on any atom is 0.342 e. The summed E-state index contributed by atoms with van der Waals surface area (Å²) in [5.74, 6) is -0.327. The van der Waals surface area contributed by atoms with E-state index >= 15 is 0 Å². The second-order valence-corrected chi connectivity index (χ2v) is 7.35. The number of hydrogen-bond donors (Lipinski definition) is 2. The fraction of sp³-hybridized carbons (Fsp3) is 0.0435. The van der Waals surface area contributed by atoms with Crippen LogP contribution in [0.1, 0.15) is 11.1 Å². The van der Waals surface area contributed by atoms with E-state index in [1.165, 1.54) is 0 Å². The van der Waals surface area contributed by atoms with Gasteiger partial charge in [0.1, 0.15) is 17.3 Å². The molecular formula is C23H18N2O3S. The number of aliphatic carboxylic acids is 1. The molecule has 1 heterocycles. The molecule has 2 N–H and O–H groups in total. The summed E-state index contributed by atoms with van der Waals surface area (Å²) in [6.07, 6.45) is 1.62. The molecule has 29 heavy (non-hydrogen) atoms. The molecular weight excluding hydrogens is 384 g/mol. The van der Waals surface area contributed by atoms with Crippen molar-refractivity contribution >= 4 is 34.8 Å². The molecule has 0 atom stereocenters. The summed E-state index contributed by atoms with van der Waals surface area (Å²) < 4.78 is 5.83. The molecule has 0 amide bonds. The summed E-state index contributed by atoms with van der Waals surface area (Å²) in [4.78, 5) is 19.5. The van der Waals surface area contributed by atoms with Crippen LogP contribution in [0, 0.1) is 0 Å². The fourth-order valence-electron chi connectivity index (χ4n) is 2.80. The molecule has 4 rings (SSSR count). The maximum atomic E-state index is 11.8. The van der Waals surface area contributed by atoms with E-state index in [4.69, 9.17) is 4.74 Å². The van der Waals surface area contributed by atoms with Gasteiger partial charge in [0.15, 0.2) is 5.16 Å². The minimum absolute atomic E-state index is 0.171. The third kappa shape index (κ3) is 4.86. The topological polar surface area (TPSA) is 75.2 Å². The zero-order valence-electron chi connectivity index (χ0n) is 15.4. The summed E-state index contributed by atoms with van der Waals surface area (Å²) in [7, 11) is 0. The molecule has 0 fully saturated rings. The van der Waals surface area contributed by atoms with E-state index in [1.807, 2.05) is 78.9 Å². The Bertz CT molecular complexity index is 1140. The molecule has 0 bridgehead atoms. The van der Waals surface area contributed by atoms with E-state index in [-0.39, 0.29) is 4.91 Å². The second-order valence-electron chi connectivity index (χ2n) is 6.32. The fourth-order valence-corrected chi connectivity index (χ4v) is 3.60. The van der Waals surface area contributed by atoms with Gasteiger partial charge < -0.3 is 14.8 Å². The van der Waals surface area contributed by atoms with Gasteiger partial charge in [-0.25, -0.2) is 9.78 Å². The first-order chi connectivity index (χ1) is 14.2. The SMILES string of the molecule is O=C(O)/C(=C/c1cccc(OCc2ccccc2)c1)Sc1nc2ccccc2[nH]1. The molecule has 0 aliphatic heterocycles. The van der Waals surface area contributed by atoms with Gasteiger partial charge in [-0.3, -0.25) is 0 Å². The Labute approximate surface area is 172 Å². The van der Waals surface area contributed by atoms with E-state index in [9.17, 15) is 9.90 Å². The van der Waals surface area contributed by atoms with Crippen LogP contribution in [0.3, 0.4) is 0 Å². The smallest absolute Gasteiger partial charge is 0.342 e. The maximum absolute atomic E-state index is 11.8. The minimum Gasteiger partial charge on any atom is -0.489 e. The Balaban J connectivity index is 1.52. The lowest BCUT2D eigenvalue weighted by Crippen LogP contribution is -1.98. The Morgan fingerprint density at radius 3 is 2.62 bits per heavy atom. The highest BCUT2D eigenvalue weighted by atomic mass is 32.2. The van der Waals surface area contributed by atoms with Crippen molar-refractivity contribution in [2.24, 2.45) is 0 Å². The molecule has 0 radical (unpaired) electrons. The van der Waals surface area contributed by atoms with Crippen molar-refractivity contribution in [2.45, 2.75) is 11.8 Å². The molecule has 3 aromatic carbocycles. The van der Waals surface area contributed by atoms with Crippen molar-refractivity contribution in [1.29, 1.82) is 0 Å². The van der Waals surface area contributed by atoms with Crippen molar-refractivity contribution in [1.82, 2.24) is 9.97 Å². The van der Waals surface area contributed by atoms with Gasteiger partial charge in [0.25, 0.3) is 0 Å². The van der Waals surface area contributed by atoms with Gasteiger partial charge in [-0.2, -0.15) is 0 Å². The first kappa shape index (κ1) is 18.8. The predicted octanol–water partition coefficient (Wildman–Crippen LogP) is 5.36. The number of carbonyl (C=O) groups is 1.